The third kappa shape index (κ3) is 4.45. The molecule has 134 valence electrons. The number of nitrogens with zero attached hydrogens (tertiary/aromatic N) is 2. The molecule has 0 saturated carbocycles. The lowest BCUT2D eigenvalue weighted by atomic mass is 10.2. The van der Waals surface area contributed by atoms with Crippen molar-refractivity contribution in [2.75, 3.05) is 5.32 Å². The summed E-state index contributed by atoms with van der Waals surface area (Å²) in [5.74, 6) is 0.150. The van der Waals surface area contributed by atoms with Gasteiger partial charge in [-0.1, -0.05) is 34.1 Å². The average Bonchev–Trinajstić information content (AvgIpc) is 3.04. The van der Waals surface area contributed by atoms with Gasteiger partial charge >= 0.3 is 6.61 Å². The van der Waals surface area contributed by atoms with Crippen LogP contribution in [0.5, 0.6) is 5.75 Å². The molecular weight excluding hydrogens is 408 g/mol. The fraction of sp³-hybridized carbons (Fsp3) is 0.111. The second-order valence-corrected chi connectivity index (χ2v) is 6.18. The van der Waals surface area contributed by atoms with Gasteiger partial charge in [-0.2, -0.15) is 13.9 Å². The molecular formula is C18H14BrF2N3O2. The maximum atomic E-state index is 12.4. The van der Waals surface area contributed by atoms with Crippen LogP contribution < -0.4 is 10.1 Å². The van der Waals surface area contributed by atoms with Crippen molar-refractivity contribution in [3.63, 3.8) is 0 Å². The number of hydrogen-bond donors (Lipinski definition) is 1. The molecule has 2 aromatic carbocycles. The molecule has 0 aliphatic rings. The van der Waals surface area contributed by atoms with Crippen LogP contribution in [-0.4, -0.2) is 22.3 Å². The van der Waals surface area contributed by atoms with Crippen LogP contribution in [0.3, 0.4) is 0 Å². The van der Waals surface area contributed by atoms with Crippen LogP contribution in [0.2, 0.25) is 0 Å². The SMILES string of the molecule is O=C(Nc1ccnn1Cc1ccccc1Br)c1ccc(OC(F)F)cc1. The highest BCUT2D eigenvalue weighted by atomic mass is 79.9. The predicted octanol–water partition coefficient (Wildman–Crippen LogP) is 4.55. The number of amides is 1. The molecule has 3 aromatic rings. The van der Waals surface area contributed by atoms with Gasteiger partial charge in [-0.3, -0.25) is 4.79 Å². The van der Waals surface area contributed by atoms with Gasteiger partial charge in [0.15, 0.2) is 0 Å². The number of anilines is 1. The van der Waals surface area contributed by atoms with Gasteiger partial charge in [-0.05, 0) is 35.9 Å². The first-order valence-electron chi connectivity index (χ1n) is 7.64. The Labute approximate surface area is 156 Å². The molecule has 3 rings (SSSR count). The van der Waals surface area contributed by atoms with Crippen molar-refractivity contribution in [3.8, 4) is 5.75 Å². The van der Waals surface area contributed by atoms with E-state index in [-0.39, 0.29) is 11.7 Å². The summed E-state index contributed by atoms with van der Waals surface area (Å²) in [6, 6.07) is 14.9. The minimum Gasteiger partial charge on any atom is -0.435 e. The standard InChI is InChI=1S/C18H14BrF2N3O2/c19-15-4-2-1-3-13(15)11-24-16(9-10-22-24)23-17(25)12-5-7-14(8-6-12)26-18(20)21/h1-10,18H,11H2,(H,23,25). The smallest absolute Gasteiger partial charge is 0.387 e. The molecule has 0 bridgehead atoms. The van der Waals surface area contributed by atoms with Crippen molar-refractivity contribution < 1.29 is 18.3 Å². The Hall–Kier alpha value is -2.74. The summed E-state index contributed by atoms with van der Waals surface area (Å²) in [7, 11) is 0. The van der Waals surface area contributed by atoms with Crippen LogP contribution in [0, 0.1) is 0 Å². The van der Waals surface area contributed by atoms with Crippen molar-refractivity contribution in [3.05, 3.63) is 76.4 Å². The second-order valence-electron chi connectivity index (χ2n) is 5.32. The maximum Gasteiger partial charge on any atom is 0.387 e. The van der Waals surface area contributed by atoms with Gasteiger partial charge in [-0.25, -0.2) is 4.68 Å². The molecule has 0 atom stereocenters. The highest BCUT2D eigenvalue weighted by molar-refractivity contribution is 9.10. The second kappa shape index (κ2) is 8.09. The largest absolute Gasteiger partial charge is 0.435 e. The molecule has 8 heteroatoms. The van der Waals surface area contributed by atoms with Crippen LogP contribution in [0.1, 0.15) is 15.9 Å². The number of aromatic nitrogens is 2. The molecule has 0 radical (unpaired) electrons. The van der Waals surface area contributed by atoms with E-state index in [1.165, 1.54) is 24.3 Å². The van der Waals surface area contributed by atoms with E-state index >= 15 is 0 Å². The number of halogens is 3. The van der Waals surface area contributed by atoms with Crippen LogP contribution in [-0.2, 0) is 6.54 Å². The molecule has 0 spiro atoms. The number of hydrogen-bond acceptors (Lipinski definition) is 3. The van der Waals surface area contributed by atoms with Crippen molar-refractivity contribution in [1.82, 2.24) is 9.78 Å². The third-order valence-electron chi connectivity index (χ3n) is 3.58. The summed E-state index contributed by atoms with van der Waals surface area (Å²) < 4.78 is 31.2. The molecule has 1 aromatic heterocycles. The quantitative estimate of drug-likeness (QED) is 0.635. The number of carbonyl (C=O) groups excluding carboxylic acids is 1. The minimum atomic E-state index is -2.90. The highest BCUT2D eigenvalue weighted by Gasteiger charge is 2.12. The number of rotatable bonds is 6. The molecule has 0 unspecified atom stereocenters. The lowest BCUT2D eigenvalue weighted by molar-refractivity contribution is -0.0498. The highest BCUT2D eigenvalue weighted by Crippen LogP contribution is 2.20. The van der Waals surface area contributed by atoms with Gasteiger partial charge in [0.2, 0.25) is 0 Å². The number of nitrogens with one attached hydrogen (secondary N) is 1. The van der Waals surface area contributed by atoms with Crippen LogP contribution in [0.4, 0.5) is 14.6 Å². The van der Waals surface area contributed by atoms with E-state index in [1.807, 2.05) is 24.3 Å². The lowest BCUT2D eigenvalue weighted by Crippen LogP contribution is -2.16. The zero-order valence-corrected chi connectivity index (χ0v) is 15.0. The predicted molar refractivity (Wildman–Crippen MR) is 96.5 cm³/mol. The Balaban J connectivity index is 1.70. The molecule has 0 saturated heterocycles. The van der Waals surface area contributed by atoms with Gasteiger partial charge in [0.1, 0.15) is 11.6 Å². The van der Waals surface area contributed by atoms with E-state index in [9.17, 15) is 13.6 Å². The van der Waals surface area contributed by atoms with Gasteiger partial charge in [0.05, 0.1) is 12.7 Å². The summed E-state index contributed by atoms with van der Waals surface area (Å²) in [5.41, 5.74) is 1.33. The Morgan fingerprint density at radius 2 is 1.88 bits per heavy atom. The Kier molecular flexibility index (Phi) is 5.62. The summed E-state index contributed by atoms with van der Waals surface area (Å²) in [6.45, 7) is -2.42. The van der Waals surface area contributed by atoms with Crippen molar-refractivity contribution >= 4 is 27.7 Å². The van der Waals surface area contributed by atoms with Gasteiger partial charge in [0.25, 0.3) is 5.91 Å². The normalized spacial score (nSPS) is 10.8. The number of benzene rings is 2. The molecule has 1 amide bonds. The summed E-state index contributed by atoms with van der Waals surface area (Å²) in [4.78, 5) is 12.4. The molecule has 5 nitrogen and oxygen atoms in total. The van der Waals surface area contributed by atoms with E-state index in [0.29, 0.717) is 17.9 Å². The first-order chi connectivity index (χ1) is 12.5. The minimum absolute atomic E-state index is 0.00415. The summed E-state index contributed by atoms with van der Waals surface area (Å²) in [6.07, 6.45) is 1.59. The molecule has 0 fully saturated rings. The lowest BCUT2D eigenvalue weighted by Gasteiger charge is -2.11. The van der Waals surface area contributed by atoms with Crippen LogP contribution in [0.25, 0.3) is 0 Å². The number of alkyl halides is 2. The first-order valence-corrected chi connectivity index (χ1v) is 8.43. The van der Waals surface area contributed by atoms with E-state index < -0.39 is 6.61 Å². The Morgan fingerprint density at radius 1 is 1.15 bits per heavy atom. The molecule has 1 N–H and O–H groups in total. The Bertz CT molecular complexity index is 897. The fourth-order valence-corrected chi connectivity index (χ4v) is 2.74. The van der Waals surface area contributed by atoms with Crippen LogP contribution in [0.15, 0.2) is 65.3 Å². The maximum absolute atomic E-state index is 12.4. The number of carbonyl (C=O) groups is 1. The Morgan fingerprint density at radius 3 is 2.58 bits per heavy atom. The van der Waals surface area contributed by atoms with Crippen molar-refractivity contribution in [1.29, 1.82) is 0 Å². The molecule has 26 heavy (non-hydrogen) atoms. The van der Waals surface area contributed by atoms with Crippen LogP contribution >= 0.6 is 15.9 Å². The average molecular weight is 422 g/mol. The first kappa shape index (κ1) is 18.1. The number of ether oxygens (including phenoxy) is 1. The van der Waals surface area contributed by atoms with Crippen molar-refractivity contribution in [2.45, 2.75) is 13.2 Å². The fourth-order valence-electron chi connectivity index (χ4n) is 2.33. The van der Waals surface area contributed by atoms with E-state index in [1.54, 1.807) is 16.9 Å². The summed E-state index contributed by atoms with van der Waals surface area (Å²) in [5, 5.41) is 6.99. The van der Waals surface area contributed by atoms with Gasteiger partial charge in [-0.15, -0.1) is 0 Å². The van der Waals surface area contributed by atoms with E-state index in [2.05, 4.69) is 31.1 Å². The monoisotopic (exact) mass is 421 g/mol. The zero-order chi connectivity index (χ0) is 18.5. The molecule has 1 heterocycles. The zero-order valence-electron chi connectivity index (χ0n) is 13.4. The van der Waals surface area contributed by atoms with Gasteiger partial charge in [0, 0.05) is 16.1 Å². The molecule has 0 aliphatic heterocycles. The summed E-state index contributed by atoms with van der Waals surface area (Å²) >= 11 is 3.48. The van der Waals surface area contributed by atoms with Gasteiger partial charge < -0.3 is 10.1 Å². The van der Waals surface area contributed by atoms with E-state index in [0.717, 1.165) is 10.0 Å². The molecule has 0 aliphatic carbocycles. The third-order valence-corrected chi connectivity index (χ3v) is 4.35. The van der Waals surface area contributed by atoms with E-state index in [4.69, 9.17) is 0 Å². The topological polar surface area (TPSA) is 56.2 Å². The van der Waals surface area contributed by atoms with Crippen molar-refractivity contribution in [2.24, 2.45) is 0 Å².